The van der Waals surface area contributed by atoms with Gasteiger partial charge in [0.2, 0.25) is 17.7 Å². The number of carboxylic acids is 1. The first-order valence-electron chi connectivity index (χ1n) is 12.6. The van der Waals surface area contributed by atoms with E-state index in [9.17, 15) is 24.3 Å². The number of aromatic nitrogens is 1. The SMILES string of the molecule is CCC(C)C(N)C(=O)NC(CS)C(=O)NC(C(=O)NC(Cc1c[nH]c2ccccc12)C(=O)O)C(C)CC. The molecule has 0 spiro atoms. The molecule has 1 aromatic heterocycles. The summed E-state index contributed by atoms with van der Waals surface area (Å²) in [6.07, 6.45) is 3.04. The number of aromatic amines is 1. The van der Waals surface area contributed by atoms with E-state index in [1.165, 1.54) is 0 Å². The second kappa shape index (κ2) is 14.0. The number of hydrogen-bond donors (Lipinski definition) is 7. The lowest BCUT2D eigenvalue weighted by Gasteiger charge is -2.28. The van der Waals surface area contributed by atoms with Crippen LogP contribution in [-0.4, -0.2) is 63.7 Å². The number of aliphatic carboxylic acids is 1. The third-order valence-electron chi connectivity index (χ3n) is 6.88. The molecule has 0 aliphatic carbocycles. The van der Waals surface area contributed by atoms with Crippen molar-refractivity contribution >= 4 is 47.2 Å². The van der Waals surface area contributed by atoms with Gasteiger partial charge in [0.15, 0.2) is 0 Å². The van der Waals surface area contributed by atoms with Crippen LogP contribution in [0.15, 0.2) is 30.5 Å². The molecule has 0 radical (unpaired) electrons. The largest absolute Gasteiger partial charge is 0.480 e. The Balaban J connectivity index is 2.14. The van der Waals surface area contributed by atoms with Gasteiger partial charge in [-0.25, -0.2) is 4.79 Å². The van der Waals surface area contributed by atoms with Gasteiger partial charge in [0, 0.05) is 29.3 Å². The minimum atomic E-state index is -1.20. The van der Waals surface area contributed by atoms with Crippen LogP contribution in [0.1, 0.15) is 46.1 Å². The van der Waals surface area contributed by atoms with Gasteiger partial charge in [0.05, 0.1) is 6.04 Å². The summed E-state index contributed by atoms with van der Waals surface area (Å²) in [7, 11) is 0. The topological polar surface area (TPSA) is 166 Å². The summed E-state index contributed by atoms with van der Waals surface area (Å²) < 4.78 is 0. The summed E-state index contributed by atoms with van der Waals surface area (Å²) >= 11 is 4.19. The monoisotopic (exact) mass is 533 g/mol. The zero-order valence-electron chi connectivity index (χ0n) is 21.8. The average Bonchev–Trinajstić information content (AvgIpc) is 3.30. The van der Waals surface area contributed by atoms with E-state index < -0.39 is 47.9 Å². The number of nitrogens with one attached hydrogen (secondary N) is 4. The number of fused-ring (bicyclic) bond motifs is 1. The molecule has 7 N–H and O–H groups in total. The number of amides is 3. The highest BCUT2D eigenvalue weighted by molar-refractivity contribution is 7.80. The van der Waals surface area contributed by atoms with Crippen LogP contribution in [-0.2, 0) is 25.6 Å². The molecular formula is C26H39N5O5S. The molecule has 0 aliphatic heterocycles. The average molecular weight is 534 g/mol. The predicted molar refractivity (Wildman–Crippen MR) is 146 cm³/mol. The molecule has 2 aromatic rings. The summed E-state index contributed by atoms with van der Waals surface area (Å²) in [6, 6.07) is 3.49. The van der Waals surface area contributed by atoms with E-state index in [2.05, 4.69) is 33.6 Å². The van der Waals surface area contributed by atoms with E-state index in [1.807, 2.05) is 45.0 Å². The maximum atomic E-state index is 13.2. The van der Waals surface area contributed by atoms with Crippen LogP contribution in [0.4, 0.5) is 0 Å². The van der Waals surface area contributed by atoms with E-state index in [-0.39, 0.29) is 24.0 Å². The van der Waals surface area contributed by atoms with Crippen molar-refractivity contribution in [2.75, 3.05) is 5.75 Å². The van der Waals surface area contributed by atoms with E-state index >= 15 is 0 Å². The van der Waals surface area contributed by atoms with Crippen LogP contribution in [0.25, 0.3) is 10.9 Å². The fourth-order valence-corrected chi connectivity index (χ4v) is 4.17. The van der Waals surface area contributed by atoms with Crippen molar-refractivity contribution in [2.24, 2.45) is 17.6 Å². The van der Waals surface area contributed by atoms with Crippen LogP contribution >= 0.6 is 12.6 Å². The zero-order valence-corrected chi connectivity index (χ0v) is 22.7. The Hall–Kier alpha value is -3.05. The molecule has 204 valence electrons. The molecule has 10 nitrogen and oxygen atoms in total. The van der Waals surface area contributed by atoms with Crippen molar-refractivity contribution in [3.63, 3.8) is 0 Å². The summed E-state index contributed by atoms with van der Waals surface area (Å²) in [6.45, 7) is 7.41. The number of H-pyrrole nitrogens is 1. The lowest BCUT2D eigenvalue weighted by Crippen LogP contribution is -2.59. The summed E-state index contributed by atoms with van der Waals surface area (Å²) in [4.78, 5) is 53.9. The third kappa shape index (κ3) is 7.96. The summed E-state index contributed by atoms with van der Waals surface area (Å²) in [5.41, 5.74) is 7.60. The summed E-state index contributed by atoms with van der Waals surface area (Å²) in [5, 5.41) is 18.6. The number of carboxylic acid groups (broad SMARTS) is 1. The molecule has 6 atom stereocenters. The molecule has 11 heteroatoms. The van der Waals surface area contributed by atoms with Crippen molar-refractivity contribution in [1.82, 2.24) is 20.9 Å². The lowest BCUT2D eigenvalue weighted by atomic mass is 9.96. The number of benzene rings is 1. The maximum Gasteiger partial charge on any atom is 0.326 e. The number of hydrogen-bond acceptors (Lipinski definition) is 6. The number of rotatable bonds is 14. The van der Waals surface area contributed by atoms with Gasteiger partial charge in [-0.15, -0.1) is 0 Å². The Bertz CT molecular complexity index is 1090. The molecule has 0 aliphatic rings. The minimum absolute atomic E-state index is 0.00202. The van der Waals surface area contributed by atoms with Gasteiger partial charge < -0.3 is 31.8 Å². The number of nitrogens with two attached hydrogens (primary N) is 1. The van der Waals surface area contributed by atoms with E-state index in [0.29, 0.717) is 12.8 Å². The first kappa shape index (κ1) is 30.2. The van der Waals surface area contributed by atoms with E-state index in [1.54, 1.807) is 13.1 Å². The standard InChI is InChI=1S/C26H39N5O5S/c1-5-14(3)21(27)24(33)30-20(13-37)23(32)31-22(15(4)6-2)25(34)29-19(26(35)36)11-16-12-28-18-10-8-7-9-17(16)18/h7-10,12,14-15,19-22,28,37H,5-6,11,13,27H2,1-4H3,(H,29,34)(H,30,33)(H,31,32)(H,35,36). The number of thiol groups is 1. The molecule has 0 saturated carbocycles. The number of carbonyl (C=O) groups is 4. The van der Waals surface area contributed by atoms with Gasteiger partial charge in [-0.2, -0.15) is 12.6 Å². The van der Waals surface area contributed by atoms with Crippen molar-refractivity contribution in [1.29, 1.82) is 0 Å². The molecule has 0 saturated heterocycles. The Morgan fingerprint density at radius 3 is 2.16 bits per heavy atom. The Morgan fingerprint density at radius 1 is 0.946 bits per heavy atom. The van der Waals surface area contributed by atoms with Crippen LogP contribution in [0.5, 0.6) is 0 Å². The Morgan fingerprint density at radius 2 is 1.57 bits per heavy atom. The van der Waals surface area contributed by atoms with Crippen molar-refractivity contribution in [3.05, 3.63) is 36.0 Å². The fraction of sp³-hybridized carbons (Fsp3) is 0.538. The Labute approximate surface area is 222 Å². The highest BCUT2D eigenvalue weighted by Crippen LogP contribution is 2.19. The van der Waals surface area contributed by atoms with E-state index in [0.717, 1.165) is 16.5 Å². The molecule has 1 aromatic carbocycles. The number of carbonyl (C=O) groups excluding carboxylic acids is 3. The third-order valence-corrected chi connectivity index (χ3v) is 7.25. The van der Waals surface area contributed by atoms with Gasteiger partial charge in [0.25, 0.3) is 0 Å². The summed E-state index contributed by atoms with van der Waals surface area (Å²) in [5.74, 6) is -3.25. The normalized spacial score (nSPS) is 16.2. The highest BCUT2D eigenvalue weighted by atomic mass is 32.1. The van der Waals surface area contributed by atoms with Crippen molar-refractivity contribution in [3.8, 4) is 0 Å². The molecule has 3 amide bonds. The van der Waals surface area contributed by atoms with Gasteiger partial charge in [-0.05, 0) is 23.5 Å². The Kier molecular flexibility index (Phi) is 11.4. The minimum Gasteiger partial charge on any atom is -0.480 e. The second-order valence-corrected chi connectivity index (χ2v) is 9.86. The maximum absolute atomic E-state index is 13.2. The van der Waals surface area contributed by atoms with Crippen LogP contribution < -0.4 is 21.7 Å². The van der Waals surface area contributed by atoms with Gasteiger partial charge in [-0.1, -0.05) is 58.7 Å². The molecular weight excluding hydrogens is 494 g/mol. The highest BCUT2D eigenvalue weighted by Gasteiger charge is 2.33. The van der Waals surface area contributed by atoms with Crippen LogP contribution in [0.2, 0.25) is 0 Å². The molecule has 1 heterocycles. The van der Waals surface area contributed by atoms with Crippen molar-refractivity contribution < 1.29 is 24.3 Å². The smallest absolute Gasteiger partial charge is 0.326 e. The van der Waals surface area contributed by atoms with Gasteiger partial charge in [-0.3, -0.25) is 14.4 Å². The van der Waals surface area contributed by atoms with Crippen molar-refractivity contribution in [2.45, 2.75) is 71.1 Å². The molecule has 37 heavy (non-hydrogen) atoms. The lowest BCUT2D eigenvalue weighted by molar-refractivity contribution is -0.142. The second-order valence-electron chi connectivity index (χ2n) is 9.49. The first-order valence-corrected chi connectivity index (χ1v) is 13.2. The zero-order chi connectivity index (χ0) is 27.7. The van der Waals surface area contributed by atoms with Gasteiger partial charge >= 0.3 is 5.97 Å². The molecule has 0 fully saturated rings. The quantitative estimate of drug-likeness (QED) is 0.182. The molecule has 0 bridgehead atoms. The first-order chi connectivity index (χ1) is 17.5. The fourth-order valence-electron chi connectivity index (χ4n) is 3.91. The van der Waals surface area contributed by atoms with Crippen LogP contribution in [0, 0.1) is 11.8 Å². The van der Waals surface area contributed by atoms with Gasteiger partial charge in [0.1, 0.15) is 18.1 Å². The van der Waals surface area contributed by atoms with E-state index in [4.69, 9.17) is 5.73 Å². The van der Waals surface area contributed by atoms with Crippen LogP contribution in [0.3, 0.4) is 0 Å². The molecule has 2 rings (SSSR count). The number of para-hydroxylation sites is 1. The molecule has 6 unspecified atom stereocenters. The predicted octanol–water partition coefficient (Wildman–Crippen LogP) is 1.60.